The molecule has 3 rings (SSSR count). The van der Waals surface area contributed by atoms with Gasteiger partial charge in [-0.3, -0.25) is 0 Å². The van der Waals surface area contributed by atoms with E-state index in [4.69, 9.17) is 0 Å². The van der Waals surface area contributed by atoms with Crippen molar-refractivity contribution >= 4 is 0 Å². The number of unbranched alkanes of at least 4 members (excludes halogenated alkanes) is 2. The highest BCUT2D eigenvalue weighted by molar-refractivity contribution is 5.64. The highest BCUT2D eigenvalue weighted by Gasteiger charge is 2.04. The van der Waals surface area contributed by atoms with Crippen LogP contribution in [0.15, 0.2) is 66.7 Å². The molecule has 3 aromatic carbocycles. The van der Waals surface area contributed by atoms with Gasteiger partial charge in [-0.2, -0.15) is 0 Å². The zero-order valence-corrected chi connectivity index (χ0v) is 19.0. The smallest absolute Gasteiger partial charge is 0.139 e. The maximum absolute atomic E-state index is 14.4. The molecule has 0 fully saturated rings. The number of rotatable bonds is 8. The van der Waals surface area contributed by atoms with Crippen LogP contribution in [0.1, 0.15) is 68.7 Å². The third-order valence-corrected chi connectivity index (χ3v) is 5.90. The normalized spacial score (nSPS) is 11.6. The van der Waals surface area contributed by atoms with Gasteiger partial charge in [-0.05, 0) is 71.7 Å². The molecule has 0 N–H and O–H groups in total. The van der Waals surface area contributed by atoms with Crippen LogP contribution in [0.3, 0.4) is 0 Å². The quantitative estimate of drug-likeness (QED) is 0.258. The lowest BCUT2D eigenvalue weighted by Gasteiger charge is -2.09. The molecule has 1 atom stereocenters. The maximum atomic E-state index is 14.4. The lowest BCUT2D eigenvalue weighted by atomic mass is 9.96. The molecule has 0 aliphatic carbocycles. The molecule has 0 unspecified atom stereocenters. The highest BCUT2D eigenvalue weighted by atomic mass is 19.1. The summed E-state index contributed by atoms with van der Waals surface area (Å²) in [5.74, 6) is 6.58. The summed E-state index contributed by atoms with van der Waals surface area (Å²) in [6.07, 6.45) is 6.72. The molecule has 0 aliphatic rings. The zero-order valence-electron chi connectivity index (χ0n) is 19.0. The largest absolute Gasteiger partial charge is 0.206 e. The molecule has 0 spiro atoms. The maximum Gasteiger partial charge on any atom is 0.139 e. The van der Waals surface area contributed by atoms with Crippen molar-refractivity contribution in [2.75, 3.05) is 0 Å². The number of hydrogen-bond donors (Lipinski definition) is 0. The number of hydrogen-bond acceptors (Lipinski definition) is 0. The van der Waals surface area contributed by atoms with Gasteiger partial charge in [0.15, 0.2) is 0 Å². The molecule has 0 aromatic heterocycles. The van der Waals surface area contributed by atoms with Crippen molar-refractivity contribution < 1.29 is 4.39 Å². The van der Waals surface area contributed by atoms with Gasteiger partial charge in [-0.25, -0.2) is 4.39 Å². The molecule has 0 bridgehead atoms. The van der Waals surface area contributed by atoms with Gasteiger partial charge in [0.25, 0.3) is 0 Å². The minimum atomic E-state index is -0.226. The van der Waals surface area contributed by atoms with Gasteiger partial charge < -0.3 is 0 Å². The van der Waals surface area contributed by atoms with Gasteiger partial charge in [0, 0.05) is 5.56 Å². The van der Waals surface area contributed by atoms with Crippen molar-refractivity contribution in [2.24, 2.45) is 5.92 Å². The van der Waals surface area contributed by atoms with Crippen LogP contribution >= 0.6 is 0 Å². The van der Waals surface area contributed by atoms with E-state index in [0.29, 0.717) is 11.5 Å². The Morgan fingerprint density at radius 2 is 1.42 bits per heavy atom. The number of benzene rings is 3. The first-order valence-electron chi connectivity index (χ1n) is 11.6. The van der Waals surface area contributed by atoms with Crippen molar-refractivity contribution in [1.82, 2.24) is 0 Å². The molecule has 31 heavy (non-hydrogen) atoms. The van der Waals surface area contributed by atoms with Crippen molar-refractivity contribution in [2.45, 2.75) is 59.3 Å². The topological polar surface area (TPSA) is 0 Å². The average molecular weight is 413 g/mol. The summed E-state index contributed by atoms with van der Waals surface area (Å²) in [5.41, 5.74) is 6.17. The van der Waals surface area contributed by atoms with Gasteiger partial charge in [0.1, 0.15) is 5.82 Å². The Morgan fingerprint density at radius 3 is 2.03 bits per heavy atom. The summed E-state index contributed by atoms with van der Waals surface area (Å²) in [7, 11) is 0. The molecule has 0 heterocycles. The Balaban J connectivity index is 1.66. The molecular weight excluding hydrogens is 379 g/mol. The molecule has 0 radical (unpaired) electrons. The van der Waals surface area contributed by atoms with E-state index in [1.807, 2.05) is 18.2 Å². The third kappa shape index (κ3) is 6.83. The van der Waals surface area contributed by atoms with Crippen LogP contribution in [0.25, 0.3) is 11.1 Å². The van der Waals surface area contributed by atoms with Crippen molar-refractivity contribution in [1.29, 1.82) is 0 Å². The molecule has 0 amide bonds. The van der Waals surface area contributed by atoms with Crippen molar-refractivity contribution in [3.05, 3.63) is 94.8 Å². The summed E-state index contributed by atoms with van der Waals surface area (Å²) >= 11 is 0. The molecular formula is C30H33F. The second-order valence-electron chi connectivity index (χ2n) is 8.51. The van der Waals surface area contributed by atoms with Crippen LogP contribution in [0.5, 0.6) is 0 Å². The minimum absolute atomic E-state index is 0.226. The molecule has 0 saturated heterocycles. The van der Waals surface area contributed by atoms with E-state index in [2.05, 4.69) is 69.0 Å². The first-order chi connectivity index (χ1) is 15.1. The highest BCUT2D eigenvalue weighted by Crippen LogP contribution is 2.22. The van der Waals surface area contributed by atoms with Crippen LogP contribution in [0, 0.1) is 23.6 Å². The summed E-state index contributed by atoms with van der Waals surface area (Å²) in [6, 6.07) is 22.4. The SMILES string of the molecule is CCCCCc1ccc(C#Cc2ccc(-c3ccc(C[C@@H](C)CC)cc3)cc2)c(F)c1. The summed E-state index contributed by atoms with van der Waals surface area (Å²) in [6.45, 7) is 6.71. The third-order valence-electron chi connectivity index (χ3n) is 5.90. The molecule has 1 heteroatoms. The first kappa shape index (κ1) is 22.8. The van der Waals surface area contributed by atoms with Crippen molar-refractivity contribution in [3.8, 4) is 23.0 Å². The predicted octanol–water partition coefficient (Wildman–Crippen LogP) is 8.21. The predicted molar refractivity (Wildman–Crippen MR) is 131 cm³/mol. The Kier molecular flexibility index (Phi) is 8.48. The second-order valence-corrected chi connectivity index (χ2v) is 8.51. The Morgan fingerprint density at radius 1 is 0.774 bits per heavy atom. The molecule has 0 aliphatic heterocycles. The van der Waals surface area contributed by atoms with Gasteiger partial charge in [-0.15, -0.1) is 0 Å². The summed E-state index contributed by atoms with van der Waals surface area (Å²) < 4.78 is 14.4. The fourth-order valence-corrected chi connectivity index (χ4v) is 3.66. The minimum Gasteiger partial charge on any atom is -0.206 e. The van der Waals surface area contributed by atoms with E-state index < -0.39 is 0 Å². The van der Waals surface area contributed by atoms with Crippen LogP contribution < -0.4 is 0 Å². The zero-order chi connectivity index (χ0) is 22.1. The number of aryl methyl sites for hydroxylation is 1. The Labute approximate surface area is 187 Å². The van der Waals surface area contributed by atoms with E-state index in [-0.39, 0.29) is 5.82 Å². The fraction of sp³-hybridized carbons (Fsp3) is 0.333. The van der Waals surface area contributed by atoms with E-state index >= 15 is 0 Å². The number of halogens is 1. The molecule has 0 saturated carbocycles. The lowest BCUT2D eigenvalue weighted by Crippen LogP contribution is -1.97. The van der Waals surface area contributed by atoms with E-state index in [1.54, 1.807) is 12.1 Å². The Bertz CT molecular complexity index is 1020. The average Bonchev–Trinajstić information content (AvgIpc) is 2.79. The second kappa shape index (κ2) is 11.5. The molecule has 160 valence electrons. The fourth-order valence-electron chi connectivity index (χ4n) is 3.66. The van der Waals surface area contributed by atoms with Crippen LogP contribution in [-0.2, 0) is 12.8 Å². The van der Waals surface area contributed by atoms with Crippen LogP contribution in [-0.4, -0.2) is 0 Å². The monoisotopic (exact) mass is 412 g/mol. The van der Waals surface area contributed by atoms with E-state index in [9.17, 15) is 4.39 Å². The standard InChI is InChI=1S/C30H33F/c1-4-6-7-8-25-14-20-29(30(31)22-25)19-11-24-9-15-27(16-10-24)28-17-12-26(13-18-28)21-23(3)5-2/h9-10,12-18,20,22-23H,4-8,21H2,1-3H3/t23-/m0/s1. The van der Waals surface area contributed by atoms with Crippen LogP contribution in [0.4, 0.5) is 4.39 Å². The first-order valence-corrected chi connectivity index (χ1v) is 11.6. The van der Waals surface area contributed by atoms with Gasteiger partial charge in [0.2, 0.25) is 0 Å². The van der Waals surface area contributed by atoms with Crippen LogP contribution in [0.2, 0.25) is 0 Å². The van der Waals surface area contributed by atoms with Gasteiger partial charge >= 0.3 is 0 Å². The Hall–Kier alpha value is -2.85. The van der Waals surface area contributed by atoms with Crippen molar-refractivity contribution in [3.63, 3.8) is 0 Å². The summed E-state index contributed by atoms with van der Waals surface area (Å²) in [4.78, 5) is 0. The van der Waals surface area contributed by atoms with E-state index in [0.717, 1.165) is 30.4 Å². The lowest BCUT2D eigenvalue weighted by molar-refractivity contribution is 0.560. The summed E-state index contributed by atoms with van der Waals surface area (Å²) in [5, 5.41) is 0. The van der Waals surface area contributed by atoms with Gasteiger partial charge in [-0.1, -0.05) is 94.3 Å². The molecule has 0 nitrogen and oxygen atoms in total. The molecule has 3 aromatic rings. The van der Waals surface area contributed by atoms with Gasteiger partial charge in [0.05, 0.1) is 5.56 Å². The van der Waals surface area contributed by atoms with E-state index in [1.165, 1.54) is 36.0 Å².